The van der Waals surface area contributed by atoms with E-state index in [4.69, 9.17) is 17.2 Å². The normalized spacial score (nSPS) is 32.6. The molecule has 0 amide bonds. The summed E-state index contributed by atoms with van der Waals surface area (Å²) < 4.78 is 0. The summed E-state index contributed by atoms with van der Waals surface area (Å²) in [4.78, 5) is 0. The van der Waals surface area contributed by atoms with Gasteiger partial charge in [-0.2, -0.15) is 0 Å². The lowest BCUT2D eigenvalue weighted by Gasteiger charge is -2.42. The second-order valence-corrected chi connectivity index (χ2v) is 4.50. The molecule has 1 aliphatic carbocycles. The highest BCUT2D eigenvalue weighted by atomic mass is 16.3. The van der Waals surface area contributed by atoms with Crippen molar-refractivity contribution in [1.82, 2.24) is 0 Å². The molecular weight excluding hydrogens is 202 g/mol. The summed E-state index contributed by atoms with van der Waals surface area (Å²) in [6, 6.07) is 9.40. The van der Waals surface area contributed by atoms with Crippen molar-refractivity contribution in [1.29, 1.82) is 0 Å². The molecule has 4 heteroatoms. The largest absolute Gasteiger partial charge is 0.387 e. The number of nitrogens with two attached hydrogens (primary N) is 3. The number of hydrogen-bond donors (Lipinski definition) is 4. The van der Waals surface area contributed by atoms with Crippen LogP contribution < -0.4 is 17.2 Å². The van der Waals surface area contributed by atoms with Crippen molar-refractivity contribution in [3.63, 3.8) is 0 Å². The fraction of sp³-hybridized carbons (Fsp3) is 0.333. The molecule has 0 fully saturated rings. The highest BCUT2D eigenvalue weighted by molar-refractivity contribution is 5.32. The van der Waals surface area contributed by atoms with Crippen molar-refractivity contribution in [2.75, 3.05) is 0 Å². The summed E-state index contributed by atoms with van der Waals surface area (Å²) in [6.45, 7) is 0. The zero-order valence-electron chi connectivity index (χ0n) is 9.01. The quantitative estimate of drug-likeness (QED) is 0.387. The van der Waals surface area contributed by atoms with Crippen molar-refractivity contribution in [2.45, 2.75) is 23.7 Å². The lowest BCUT2D eigenvalue weighted by atomic mass is 9.74. The molecule has 0 aromatic heterocycles. The number of aliphatic hydroxyl groups excluding tert-OH is 1. The average molecular weight is 219 g/mol. The summed E-state index contributed by atoms with van der Waals surface area (Å²) in [5, 5.41) is 9.99. The molecule has 0 bridgehead atoms. The van der Waals surface area contributed by atoms with Crippen LogP contribution >= 0.6 is 0 Å². The predicted octanol–water partition coefficient (Wildman–Crippen LogP) is -0.225. The molecule has 4 nitrogen and oxygen atoms in total. The topological polar surface area (TPSA) is 98.3 Å². The van der Waals surface area contributed by atoms with Crippen molar-refractivity contribution >= 4 is 0 Å². The maximum absolute atomic E-state index is 9.99. The van der Waals surface area contributed by atoms with Gasteiger partial charge in [0.15, 0.2) is 0 Å². The predicted molar refractivity (Wildman–Crippen MR) is 63.2 cm³/mol. The van der Waals surface area contributed by atoms with E-state index in [0.717, 1.165) is 5.56 Å². The summed E-state index contributed by atoms with van der Waals surface area (Å²) in [7, 11) is 0. The Kier molecular flexibility index (Phi) is 2.59. The van der Waals surface area contributed by atoms with Crippen LogP contribution in [0.1, 0.15) is 12.0 Å². The minimum Gasteiger partial charge on any atom is -0.387 e. The van der Waals surface area contributed by atoms with Crippen LogP contribution in [0.4, 0.5) is 0 Å². The van der Waals surface area contributed by atoms with Crippen LogP contribution in [0.15, 0.2) is 42.5 Å². The molecule has 0 saturated heterocycles. The molecule has 2 unspecified atom stereocenters. The monoisotopic (exact) mass is 219 g/mol. The van der Waals surface area contributed by atoms with E-state index in [1.165, 1.54) is 0 Å². The standard InChI is InChI=1S/C12H17N3O/c13-11(14)7-6-10(16)12(15,8-11)9-4-2-1-3-5-9/h1-7,10,16H,8,13-15H2. The number of benzene rings is 1. The fourth-order valence-corrected chi connectivity index (χ4v) is 2.13. The van der Waals surface area contributed by atoms with E-state index in [1.807, 2.05) is 30.3 Å². The lowest BCUT2D eigenvalue weighted by Crippen LogP contribution is -2.61. The zero-order chi connectivity index (χ0) is 11.8. The summed E-state index contributed by atoms with van der Waals surface area (Å²) in [5.41, 5.74) is 16.9. The zero-order valence-corrected chi connectivity index (χ0v) is 9.01. The van der Waals surface area contributed by atoms with Crippen molar-refractivity contribution in [3.8, 4) is 0 Å². The molecule has 0 radical (unpaired) electrons. The van der Waals surface area contributed by atoms with Crippen LogP contribution in [0.3, 0.4) is 0 Å². The van der Waals surface area contributed by atoms with Gasteiger partial charge in [0.2, 0.25) is 0 Å². The second kappa shape index (κ2) is 3.68. The number of aliphatic hydroxyl groups is 1. The van der Waals surface area contributed by atoms with Crippen LogP contribution in [0, 0.1) is 0 Å². The smallest absolute Gasteiger partial charge is 0.0944 e. The Morgan fingerprint density at radius 3 is 2.38 bits per heavy atom. The van der Waals surface area contributed by atoms with Crippen molar-refractivity contribution in [2.24, 2.45) is 17.2 Å². The first kappa shape index (κ1) is 11.3. The highest BCUT2D eigenvalue weighted by Gasteiger charge is 2.42. The van der Waals surface area contributed by atoms with E-state index in [0.29, 0.717) is 6.42 Å². The van der Waals surface area contributed by atoms with Gasteiger partial charge < -0.3 is 22.3 Å². The molecule has 0 heterocycles. The lowest BCUT2D eigenvalue weighted by molar-refractivity contribution is 0.0941. The van der Waals surface area contributed by atoms with Crippen LogP contribution in [-0.2, 0) is 5.54 Å². The number of hydrogen-bond acceptors (Lipinski definition) is 4. The van der Waals surface area contributed by atoms with E-state index in [9.17, 15) is 5.11 Å². The Balaban J connectivity index is 2.42. The van der Waals surface area contributed by atoms with Gasteiger partial charge in [-0.1, -0.05) is 42.5 Å². The van der Waals surface area contributed by atoms with Gasteiger partial charge in [0.1, 0.15) is 0 Å². The van der Waals surface area contributed by atoms with Crippen molar-refractivity contribution in [3.05, 3.63) is 48.0 Å². The van der Waals surface area contributed by atoms with Gasteiger partial charge in [0, 0.05) is 6.42 Å². The van der Waals surface area contributed by atoms with Gasteiger partial charge in [-0.25, -0.2) is 0 Å². The van der Waals surface area contributed by atoms with Gasteiger partial charge in [-0.05, 0) is 5.56 Å². The molecule has 16 heavy (non-hydrogen) atoms. The fourth-order valence-electron chi connectivity index (χ4n) is 2.13. The maximum atomic E-state index is 9.99. The van der Waals surface area contributed by atoms with Crippen LogP contribution in [0.25, 0.3) is 0 Å². The Morgan fingerprint density at radius 2 is 1.75 bits per heavy atom. The Bertz CT molecular complexity index is 402. The molecule has 0 aliphatic heterocycles. The molecule has 2 rings (SSSR count). The molecule has 1 aromatic carbocycles. The first-order valence-corrected chi connectivity index (χ1v) is 5.24. The molecule has 0 spiro atoms. The summed E-state index contributed by atoms with van der Waals surface area (Å²) in [6.07, 6.45) is 2.71. The van der Waals surface area contributed by atoms with Crippen molar-refractivity contribution < 1.29 is 5.11 Å². The first-order chi connectivity index (χ1) is 7.44. The van der Waals surface area contributed by atoms with Gasteiger partial charge in [0.05, 0.1) is 17.3 Å². The van der Waals surface area contributed by atoms with Crippen LogP contribution in [-0.4, -0.2) is 16.9 Å². The van der Waals surface area contributed by atoms with Gasteiger partial charge in [-0.15, -0.1) is 0 Å². The third kappa shape index (κ3) is 1.88. The minimum absolute atomic E-state index is 0.307. The molecule has 1 aliphatic rings. The SMILES string of the molecule is NC1(N)C=CC(O)C(N)(c2ccccc2)C1. The molecule has 2 atom stereocenters. The van der Waals surface area contributed by atoms with E-state index in [-0.39, 0.29) is 0 Å². The highest BCUT2D eigenvalue weighted by Crippen LogP contribution is 2.33. The van der Waals surface area contributed by atoms with Crippen LogP contribution in [0.2, 0.25) is 0 Å². The molecular formula is C12H17N3O. The van der Waals surface area contributed by atoms with E-state index in [1.54, 1.807) is 12.2 Å². The van der Waals surface area contributed by atoms with Crippen LogP contribution in [0.5, 0.6) is 0 Å². The van der Waals surface area contributed by atoms with E-state index >= 15 is 0 Å². The second-order valence-electron chi connectivity index (χ2n) is 4.50. The third-order valence-corrected chi connectivity index (χ3v) is 3.03. The van der Waals surface area contributed by atoms with E-state index < -0.39 is 17.3 Å². The minimum atomic E-state index is -0.968. The Morgan fingerprint density at radius 1 is 1.12 bits per heavy atom. The molecule has 7 N–H and O–H groups in total. The Labute approximate surface area is 94.7 Å². The summed E-state index contributed by atoms with van der Waals surface area (Å²) >= 11 is 0. The summed E-state index contributed by atoms with van der Waals surface area (Å²) in [5.74, 6) is 0. The van der Waals surface area contributed by atoms with Gasteiger partial charge in [0.25, 0.3) is 0 Å². The van der Waals surface area contributed by atoms with Gasteiger partial charge in [-0.3, -0.25) is 0 Å². The Hall–Kier alpha value is -1.20. The third-order valence-electron chi connectivity index (χ3n) is 3.03. The molecule has 1 aromatic rings. The molecule has 0 saturated carbocycles. The average Bonchev–Trinajstić information content (AvgIpc) is 2.25. The van der Waals surface area contributed by atoms with E-state index in [2.05, 4.69) is 0 Å². The first-order valence-electron chi connectivity index (χ1n) is 5.24. The maximum Gasteiger partial charge on any atom is 0.0944 e. The molecule has 86 valence electrons. The van der Waals surface area contributed by atoms with Gasteiger partial charge >= 0.3 is 0 Å². The number of rotatable bonds is 1.